The molecule has 1 aromatic heterocycles. The smallest absolute Gasteiger partial charge is 0.0285 e. The molecule has 1 nitrogen and oxygen atoms in total. The normalized spacial score (nSPS) is 12.5. The van der Waals surface area contributed by atoms with Gasteiger partial charge in [-0.1, -0.05) is 41.1 Å². The van der Waals surface area contributed by atoms with Crippen molar-refractivity contribution in [2.75, 3.05) is 13.1 Å². The minimum Gasteiger partial charge on any atom is -0.316 e. The molecule has 21 heavy (non-hydrogen) atoms. The lowest BCUT2D eigenvalue weighted by molar-refractivity contribution is 0.473. The standard InChI is InChI=1S/C17H21Br2NS/c1-2-7-20-11-13(9-16-10-15(18)12-21-16)8-14-5-3-4-6-17(14)19/h3-6,10,12-13,20H,2,7-9,11H2,1H3. The van der Waals surface area contributed by atoms with Crippen LogP contribution in [0.2, 0.25) is 0 Å². The molecule has 0 saturated carbocycles. The highest BCUT2D eigenvalue weighted by molar-refractivity contribution is 9.10. The van der Waals surface area contributed by atoms with Gasteiger partial charge in [0.05, 0.1) is 0 Å². The SMILES string of the molecule is CCCNCC(Cc1cc(Br)cs1)Cc1ccccc1Br. The summed E-state index contributed by atoms with van der Waals surface area (Å²) >= 11 is 9.07. The van der Waals surface area contributed by atoms with Crippen molar-refractivity contribution in [1.29, 1.82) is 0 Å². The fraction of sp³-hybridized carbons (Fsp3) is 0.412. The van der Waals surface area contributed by atoms with Gasteiger partial charge >= 0.3 is 0 Å². The maximum absolute atomic E-state index is 3.67. The second-order valence-corrected chi connectivity index (χ2v) is 8.07. The van der Waals surface area contributed by atoms with Gasteiger partial charge in [0.1, 0.15) is 0 Å². The van der Waals surface area contributed by atoms with Crippen LogP contribution in [0.15, 0.2) is 44.7 Å². The number of halogens is 2. The van der Waals surface area contributed by atoms with Crippen molar-refractivity contribution in [3.05, 3.63) is 55.1 Å². The first-order valence-electron chi connectivity index (χ1n) is 7.36. The monoisotopic (exact) mass is 429 g/mol. The molecule has 1 aromatic carbocycles. The van der Waals surface area contributed by atoms with E-state index in [1.165, 1.54) is 25.8 Å². The van der Waals surface area contributed by atoms with Crippen LogP contribution in [0.25, 0.3) is 0 Å². The number of nitrogens with one attached hydrogen (secondary N) is 1. The molecule has 0 aliphatic rings. The van der Waals surface area contributed by atoms with Gasteiger partial charge in [0.15, 0.2) is 0 Å². The third-order valence-electron chi connectivity index (χ3n) is 3.44. The summed E-state index contributed by atoms with van der Waals surface area (Å²) in [5.74, 6) is 0.626. The average molecular weight is 431 g/mol. The molecule has 1 unspecified atom stereocenters. The van der Waals surface area contributed by atoms with Crippen LogP contribution < -0.4 is 5.32 Å². The predicted molar refractivity (Wildman–Crippen MR) is 100 cm³/mol. The molecule has 2 aromatic rings. The van der Waals surface area contributed by atoms with Crippen molar-refractivity contribution in [2.24, 2.45) is 5.92 Å². The van der Waals surface area contributed by atoms with E-state index < -0.39 is 0 Å². The summed E-state index contributed by atoms with van der Waals surface area (Å²) < 4.78 is 2.42. The van der Waals surface area contributed by atoms with Gasteiger partial charge in [-0.15, -0.1) is 11.3 Å². The maximum Gasteiger partial charge on any atom is 0.0285 e. The number of thiophene rings is 1. The largest absolute Gasteiger partial charge is 0.316 e. The molecular formula is C17H21Br2NS. The Morgan fingerprint density at radius 1 is 1.19 bits per heavy atom. The quantitative estimate of drug-likeness (QED) is 0.531. The van der Waals surface area contributed by atoms with Crippen molar-refractivity contribution in [2.45, 2.75) is 26.2 Å². The minimum atomic E-state index is 0.626. The summed E-state index contributed by atoms with van der Waals surface area (Å²) in [5, 5.41) is 5.75. The van der Waals surface area contributed by atoms with E-state index in [0.29, 0.717) is 5.92 Å². The molecule has 2 rings (SSSR count). The molecule has 0 bridgehead atoms. The zero-order valence-corrected chi connectivity index (χ0v) is 16.2. The summed E-state index contributed by atoms with van der Waals surface area (Å²) in [5.41, 5.74) is 1.40. The van der Waals surface area contributed by atoms with Crippen LogP contribution >= 0.6 is 43.2 Å². The molecule has 4 heteroatoms. The van der Waals surface area contributed by atoms with Crippen LogP contribution in [0.1, 0.15) is 23.8 Å². The van der Waals surface area contributed by atoms with Crippen LogP contribution in [-0.2, 0) is 12.8 Å². The van der Waals surface area contributed by atoms with Crippen molar-refractivity contribution >= 4 is 43.2 Å². The fourth-order valence-corrected chi connectivity index (χ4v) is 4.43. The second kappa shape index (κ2) is 9.09. The Balaban J connectivity index is 2.02. The topological polar surface area (TPSA) is 12.0 Å². The molecule has 0 aliphatic carbocycles. The molecule has 0 amide bonds. The van der Waals surface area contributed by atoms with Gasteiger partial charge < -0.3 is 5.32 Å². The lowest BCUT2D eigenvalue weighted by Gasteiger charge is -2.18. The zero-order valence-electron chi connectivity index (χ0n) is 12.2. The zero-order chi connectivity index (χ0) is 15.1. The number of benzene rings is 1. The van der Waals surface area contributed by atoms with Gasteiger partial charge in [-0.05, 0) is 71.9 Å². The van der Waals surface area contributed by atoms with Crippen molar-refractivity contribution in [3.63, 3.8) is 0 Å². The summed E-state index contributed by atoms with van der Waals surface area (Å²) in [4.78, 5) is 1.46. The first-order chi connectivity index (χ1) is 10.2. The average Bonchev–Trinajstić information content (AvgIpc) is 2.87. The van der Waals surface area contributed by atoms with Gasteiger partial charge in [-0.2, -0.15) is 0 Å². The molecule has 114 valence electrons. The Bertz CT molecular complexity index is 553. The van der Waals surface area contributed by atoms with Crippen molar-refractivity contribution < 1.29 is 0 Å². The summed E-state index contributed by atoms with van der Waals surface area (Å²) in [6.07, 6.45) is 3.42. The minimum absolute atomic E-state index is 0.626. The highest BCUT2D eigenvalue weighted by atomic mass is 79.9. The van der Waals surface area contributed by atoms with E-state index in [1.54, 1.807) is 0 Å². The van der Waals surface area contributed by atoms with E-state index in [9.17, 15) is 0 Å². The van der Waals surface area contributed by atoms with E-state index in [2.05, 4.69) is 79.8 Å². The predicted octanol–water partition coefficient (Wildman–Crippen LogP) is 5.67. The second-order valence-electron chi connectivity index (χ2n) is 5.30. The van der Waals surface area contributed by atoms with Crippen LogP contribution in [0.5, 0.6) is 0 Å². The highest BCUT2D eigenvalue weighted by Crippen LogP contribution is 2.25. The highest BCUT2D eigenvalue weighted by Gasteiger charge is 2.13. The summed E-state index contributed by atoms with van der Waals surface area (Å²) in [6, 6.07) is 10.8. The number of rotatable bonds is 8. The van der Waals surface area contributed by atoms with Gasteiger partial charge in [-0.25, -0.2) is 0 Å². The van der Waals surface area contributed by atoms with E-state index in [0.717, 1.165) is 25.9 Å². The van der Waals surface area contributed by atoms with Gasteiger partial charge in [0.2, 0.25) is 0 Å². The lowest BCUT2D eigenvalue weighted by Crippen LogP contribution is -2.26. The van der Waals surface area contributed by atoms with E-state index in [1.807, 2.05) is 11.3 Å². The Morgan fingerprint density at radius 2 is 2.00 bits per heavy atom. The van der Waals surface area contributed by atoms with Gasteiger partial charge in [-0.3, -0.25) is 0 Å². The molecular weight excluding hydrogens is 410 g/mol. The van der Waals surface area contributed by atoms with Gasteiger partial charge in [0, 0.05) is 19.2 Å². The molecule has 0 aliphatic heterocycles. The molecule has 0 fully saturated rings. The van der Waals surface area contributed by atoms with Gasteiger partial charge in [0.25, 0.3) is 0 Å². The Kier molecular flexibility index (Phi) is 7.44. The summed E-state index contributed by atoms with van der Waals surface area (Å²) in [6.45, 7) is 4.39. The first kappa shape index (κ1) is 17.2. The van der Waals surface area contributed by atoms with E-state index >= 15 is 0 Å². The van der Waals surface area contributed by atoms with Crippen LogP contribution in [0.4, 0.5) is 0 Å². The third kappa shape index (κ3) is 5.85. The van der Waals surface area contributed by atoms with E-state index in [-0.39, 0.29) is 0 Å². The lowest BCUT2D eigenvalue weighted by atomic mass is 9.95. The molecule has 0 saturated heterocycles. The number of hydrogen-bond acceptors (Lipinski definition) is 2. The molecule has 1 heterocycles. The fourth-order valence-electron chi connectivity index (χ4n) is 2.42. The number of hydrogen-bond donors (Lipinski definition) is 1. The van der Waals surface area contributed by atoms with Crippen LogP contribution in [0.3, 0.4) is 0 Å². The molecule has 1 N–H and O–H groups in total. The third-order valence-corrected chi connectivity index (χ3v) is 5.93. The van der Waals surface area contributed by atoms with E-state index in [4.69, 9.17) is 0 Å². The van der Waals surface area contributed by atoms with Crippen LogP contribution in [0, 0.1) is 5.92 Å². The van der Waals surface area contributed by atoms with Crippen molar-refractivity contribution in [1.82, 2.24) is 5.32 Å². The first-order valence-corrected chi connectivity index (χ1v) is 9.82. The van der Waals surface area contributed by atoms with Crippen LogP contribution in [-0.4, -0.2) is 13.1 Å². The Labute approximate surface area is 148 Å². The molecule has 0 radical (unpaired) electrons. The molecule has 0 spiro atoms. The van der Waals surface area contributed by atoms with Crippen molar-refractivity contribution in [3.8, 4) is 0 Å². The maximum atomic E-state index is 3.67. The Morgan fingerprint density at radius 3 is 2.67 bits per heavy atom. The molecule has 1 atom stereocenters. The summed E-state index contributed by atoms with van der Waals surface area (Å²) in [7, 11) is 0. The Hall–Kier alpha value is -0.160.